The smallest absolute Gasteiger partial charge is 0.411 e. The van der Waals surface area contributed by atoms with Crippen LogP contribution in [0.4, 0.5) is 10.6 Å². The third kappa shape index (κ3) is 3.88. The van der Waals surface area contributed by atoms with Crippen molar-refractivity contribution in [2.45, 2.75) is 38.5 Å². The van der Waals surface area contributed by atoms with Gasteiger partial charge in [0.1, 0.15) is 11.4 Å². The quantitative estimate of drug-likeness (QED) is 0.640. The number of ether oxygens (including phenoxy) is 2. The summed E-state index contributed by atoms with van der Waals surface area (Å²) in [4.78, 5) is 21.1. The third-order valence-electron chi connectivity index (χ3n) is 3.91. The van der Waals surface area contributed by atoms with E-state index in [9.17, 15) is 4.79 Å². The molecule has 1 aromatic rings. The third-order valence-corrected chi connectivity index (χ3v) is 4.55. The van der Waals surface area contributed by atoms with Crippen LogP contribution in [-0.2, 0) is 9.47 Å². The van der Waals surface area contributed by atoms with Gasteiger partial charge in [0.15, 0.2) is 0 Å². The lowest BCUT2D eigenvalue weighted by Crippen LogP contribution is -2.66. The van der Waals surface area contributed by atoms with Gasteiger partial charge in [-0.25, -0.2) is 9.78 Å². The lowest BCUT2D eigenvalue weighted by atomic mass is 10.0. The van der Waals surface area contributed by atoms with Crippen molar-refractivity contribution in [1.29, 1.82) is 0 Å². The molecule has 0 N–H and O–H groups in total. The molecule has 6 nitrogen and oxygen atoms in total. The van der Waals surface area contributed by atoms with Crippen molar-refractivity contribution in [3.63, 3.8) is 0 Å². The van der Waals surface area contributed by atoms with Gasteiger partial charge >= 0.3 is 6.09 Å². The number of morpholine rings is 1. The van der Waals surface area contributed by atoms with Crippen LogP contribution in [0.15, 0.2) is 18.3 Å². The fourth-order valence-corrected chi connectivity index (χ4v) is 3.34. The van der Waals surface area contributed by atoms with Crippen LogP contribution in [0.3, 0.4) is 0 Å². The van der Waals surface area contributed by atoms with E-state index < -0.39 is 5.60 Å². The van der Waals surface area contributed by atoms with E-state index in [1.54, 1.807) is 0 Å². The normalized spacial score (nSPS) is 24.5. The Morgan fingerprint density at radius 2 is 1.96 bits per heavy atom. The van der Waals surface area contributed by atoms with E-state index in [0.29, 0.717) is 26.3 Å². The number of halogens is 1. The van der Waals surface area contributed by atoms with Gasteiger partial charge in [-0.05, 0) is 55.5 Å². The zero-order valence-corrected chi connectivity index (χ0v) is 15.8. The van der Waals surface area contributed by atoms with Crippen LogP contribution in [0.25, 0.3) is 0 Å². The molecular formula is C16H22IN3O3. The summed E-state index contributed by atoms with van der Waals surface area (Å²) in [6.45, 7) is 8.18. The van der Waals surface area contributed by atoms with Gasteiger partial charge in [0.25, 0.3) is 0 Å². The Balaban J connectivity index is 1.75. The Kier molecular flexibility index (Phi) is 4.68. The molecule has 2 aliphatic rings. The Morgan fingerprint density at radius 3 is 2.48 bits per heavy atom. The average molecular weight is 431 g/mol. The molecule has 1 aromatic heterocycles. The van der Waals surface area contributed by atoms with Crippen LogP contribution in [0.2, 0.25) is 0 Å². The van der Waals surface area contributed by atoms with Crippen LogP contribution < -0.4 is 4.90 Å². The maximum Gasteiger partial charge on any atom is 0.411 e. The number of pyridine rings is 1. The molecule has 0 spiro atoms. The number of aromatic nitrogens is 1. The molecule has 2 atom stereocenters. The number of nitrogens with zero attached hydrogens (tertiary/aromatic N) is 3. The Labute approximate surface area is 150 Å². The first-order chi connectivity index (χ1) is 10.8. The van der Waals surface area contributed by atoms with E-state index in [1.165, 1.54) is 0 Å². The van der Waals surface area contributed by atoms with Gasteiger partial charge in [0.2, 0.25) is 0 Å². The molecule has 0 aromatic carbocycles. The second kappa shape index (κ2) is 6.43. The second-order valence-electron chi connectivity index (χ2n) is 6.97. The van der Waals surface area contributed by atoms with Crippen molar-refractivity contribution < 1.29 is 14.3 Å². The van der Waals surface area contributed by atoms with Crippen LogP contribution in [-0.4, -0.2) is 60.0 Å². The van der Waals surface area contributed by atoms with Gasteiger partial charge in [0, 0.05) is 22.9 Å². The fourth-order valence-electron chi connectivity index (χ4n) is 3.02. The average Bonchev–Trinajstić information content (AvgIpc) is 2.44. The van der Waals surface area contributed by atoms with E-state index in [-0.39, 0.29) is 18.2 Å². The molecule has 2 bridgehead atoms. The maximum atomic E-state index is 12.5. The Hall–Kier alpha value is -1.09. The number of amides is 1. The van der Waals surface area contributed by atoms with Gasteiger partial charge in [-0.15, -0.1) is 0 Å². The number of piperazine rings is 1. The van der Waals surface area contributed by atoms with Gasteiger partial charge in [0.05, 0.1) is 25.3 Å². The summed E-state index contributed by atoms with van der Waals surface area (Å²) < 4.78 is 12.3. The monoisotopic (exact) mass is 431 g/mol. The Morgan fingerprint density at radius 1 is 1.30 bits per heavy atom. The summed E-state index contributed by atoms with van der Waals surface area (Å²) >= 11 is 2.25. The van der Waals surface area contributed by atoms with E-state index in [4.69, 9.17) is 9.47 Å². The van der Waals surface area contributed by atoms with Crippen LogP contribution in [0.5, 0.6) is 0 Å². The first kappa shape index (κ1) is 16.8. The molecular weight excluding hydrogens is 409 g/mol. The minimum absolute atomic E-state index is 0.00146. The molecule has 2 unspecified atom stereocenters. The maximum absolute atomic E-state index is 12.5. The molecule has 2 saturated heterocycles. The van der Waals surface area contributed by atoms with Crippen molar-refractivity contribution in [3.8, 4) is 0 Å². The van der Waals surface area contributed by atoms with E-state index in [0.717, 1.165) is 9.39 Å². The van der Waals surface area contributed by atoms with Crippen LogP contribution >= 0.6 is 22.6 Å². The summed E-state index contributed by atoms with van der Waals surface area (Å²) in [7, 11) is 0. The van der Waals surface area contributed by atoms with E-state index in [2.05, 4.69) is 38.5 Å². The van der Waals surface area contributed by atoms with Crippen molar-refractivity contribution in [2.24, 2.45) is 0 Å². The SMILES string of the molecule is CC(C)(C)OC(=O)N1C2COCC1CN(c1ccc(I)cn1)C2. The molecule has 0 saturated carbocycles. The first-order valence-electron chi connectivity index (χ1n) is 7.79. The minimum Gasteiger partial charge on any atom is -0.444 e. The summed E-state index contributed by atoms with van der Waals surface area (Å²) in [6, 6.07) is 4.08. The number of carbonyl (C=O) groups excluding carboxylic acids is 1. The molecule has 7 heteroatoms. The molecule has 2 aliphatic heterocycles. The summed E-state index contributed by atoms with van der Waals surface area (Å²) in [5, 5.41) is 0. The lowest BCUT2D eigenvalue weighted by molar-refractivity contribution is -0.0666. The number of rotatable bonds is 1. The van der Waals surface area contributed by atoms with E-state index >= 15 is 0 Å². The molecule has 23 heavy (non-hydrogen) atoms. The molecule has 0 aliphatic carbocycles. The highest BCUT2D eigenvalue weighted by atomic mass is 127. The number of hydrogen-bond donors (Lipinski definition) is 0. The Bertz CT molecular complexity index is 559. The molecule has 126 valence electrons. The van der Waals surface area contributed by atoms with Gasteiger partial charge in [-0.2, -0.15) is 0 Å². The largest absolute Gasteiger partial charge is 0.444 e. The number of hydrogen-bond acceptors (Lipinski definition) is 5. The zero-order chi connectivity index (χ0) is 16.6. The van der Waals surface area contributed by atoms with Gasteiger partial charge < -0.3 is 14.4 Å². The summed E-state index contributed by atoms with van der Waals surface area (Å²) in [5.41, 5.74) is -0.485. The highest BCUT2D eigenvalue weighted by Crippen LogP contribution is 2.26. The summed E-state index contributed by atoms with van der Waals surface area (Å²) in [5.74, 6) is 0.950. The highest BCUT2D eigenvalue weighted by Gasteiger charge is 2.43. The number of anilines is 1. The predicted octanol–water partition coefficient (Wildman–Crippen LogP) is 2.51. The molecule has 2 fully saturated rings. The number of carbonyl (C=O) groups is 1. The molecule has 1 amide bonds. The molecule has 3 rings (SSSR count). The van der Waals surface area contributed by atoms with Gasteiger partial charge in [-0.3, -0.25) is 4.90 Å². The second-order valence-corrected chi connectivity index (χ2v) is 8.22. The minimum atomic E-state index is -0.485. The van der Waals surface area contributed by atoms with Crippen LogP contribution in [0, 0.1) is 3.57 Å². The molecule has 0 radical (unpaired) electrons. The van der Waals surface area contributed by atoms with Crippen molar-refractivity contribution in [2.75, 3.05) is 31.2 Å². The first-order valence-corrected chi connectivity index (χ1v) is 8.87. The standard InChI is InChI=1S/C16H22IN3O3/c1-16(2,3)23-15(21)20-12-7-19(8-13(20)10-22-9-12)14-5-4-11(17)6-18-14/h4-6,12-13H,7-10H2,1-3H3. The van der Waals surface area contributed by atoms with E-state index in [1.807, 2.05) is 37.9 Å². The molecule has 3 heterocycles. The van der Waals surface area contributed by atoms with Crippen molar-refractivity contribution in [3.05, 3.63) is 21.9 Å². The topological polar surface area (TPSA) is 54.9 Å². The lowest BCUT2D eigenvalue weighted by Gasteiger charge is -2.49. The highest BCUT2D eigenvalue weighted by molar-refractivity contribution is 14.1. The fraction of sp³-hybridized carbons (Fsp3) is 0.625. The zero-order valence-electron chi connectivity index (χ0n) is 13.7. The van der Waals surface area contributed by atoms with Gasteiger partial charge in [-0.1, -0.05) is 0 Å². The predicted molar refractivity (Wildman–Crippen MR) is 95.6 cm³/mol. The van der Waals surface area contributed by atoms with Crippen molar-refractivity contribution >= 4 is 34.5 Å². The summed E-state index contributed by atoms with van der Waals surface area (Å²) in [6.07, 6.45) is 1.62. The number of fused-ring (bicyclic) bond motifs is 2. The van der Waals surface area contributed by atoms with Crippen LogP contribution in [0.1, 0.15) is 20.8 Å². The van der Waals surface area contributed by atoms with Crippen molar-refractivity contribution in [1.82, 2.24) is 9.88 Å².